The third-order valence-electron chi connectivity index (χ3n) is 3.55. The molecule has 5 nitrogen and oxygen atoms in total. The molecule has 0 spiro atoms. The van der Waals surface area contributed by atoms with Gasteiger partial charge in [-0.1, -0.05) is 36.0 Å². The average molecular weight is 302 g/mol. The Kier molecular flexibility index (Phi) is 3.79. The van der Waals surface area contributed by atoms with Crippen molar-refractivity contribution in [2.75, 3.05) is 5.75 Å². The fraction of sp³-hybridized carbons (Fsp3) is 0.267. The van der Waals surface area contributed by atoms with Crippen molar-refractivity contribution in [3.63, 3.8) is 0 Å². The summed E-state index contributed by atoms with van der Waals surface area (Å²) in [4.78, 5) is 26.0. The van der Waals surface area contributed by atoms with Gasteiger partial charge in [-0.05, 0) is 17.5 Å². The van der Waals surface area contributed by atoms with Crippen molar-refractivity contribution in [2.45, 2.75) is 24.0 Å². The highest BCUT2D eigenvalue weighted by atomic mass is 32.2. The Morgan fingerprint density at radius 1 is 1.38 bits per heavy atom. The zero-order valence-electron chi connectivity index (χ0n) is 11.2. The Labute approximate surface area is 125 Å². The summed E-state index contributed by atoms with van der Waals surface area (Å²) in [5.74, 6) is -0.620. The van der Waals surface area contributed by atoms with Gasteiger partial charge in [0.15, 0.2) is 5.16 Å². The number of nitrogens with zero attached hydrogens (tertiary/aromatic N) is 2. The van der Waals surface area contributed by atoms with E-state index in [4.69, 9.17) is 5.11 Å². The van der Waals surface area contributed by atoms with Crippen LogP contribution in [0.15, 0.2) is 46.5 Å². The molecule has 1 unspecified atom stereocenters. The number of rotatable bonds is 5. The lowest BCUT2D eigenvalue weighted by Crippen LogP contribution is -2.24. The molecule has 0 bridgehead atoms. The summed E-state index contributed by atoms with van der Waals surface area (Å²) in [5, 5.41) is 9.24. The molecule has 1 aliphatic carbocycles. The zero-order valence-corrected chi connectivity index (χ0v) is 12.0. The number of carboxylic acids is 1. The smallest absolute Gasteiger partial charge is 0.313 e. The first-order chi connectivity index (χ1) is 10.1. The van der Waals surface area contributed by atoms with Gasteiger partial charge in [-0.3, -0.25) is 9.59 Å². The van der Waals surface area contributed by atoms with Crippen LogP contribution in [0.4, 0.5) is 0 Å². The molecule has 6 heteroatoms. The molecule has 21 heavy (non-hydrogen) atoms. The van der Waals surface area contributed by atoms with E-state index in [-0.39, 0.29) is 11.3 Å². The predicted molar refractivity (Wildman–Crippen MR) is 79.7 cm³/mol. The summed E-state index contributed by atoms with van der Waals surface area (Å²) in [6, 6.07) is 9.70. The van der Waals surface area contributed by atoms with E-state index < -0.39 is 5.97 Å². The molecule has 0 saturated heterocycles. The number of hydrogen-bond donors (Lipinski definition) is 1. The average Bonchev–Trinajstić information content (AvgIpc) is 2.44. The summed E-state index contributed by atoms with van der Waals surface area (Å²) in [7, 11) is 0. The first kappa shape index (κ1) is 13.9. The maximum Gasteiger partial charge on any atom is 0.313 e. The summed E-state index contributed by atoms with van der Waals surface area (Å²) in [5.41, 5.74) is 2.34. The number of thioether (sulfide) groups is 1. The minimum atomic E-state index is -0.918. The lowest BCUT2D eigenvalue weighted by Gasteiger charge is -2.31. The molecule has 1 aromatic heterocycles. The van der Waals surface area contributed by atoms with Gasteiger partial charge in [-0.15, -0.1) is 0 Å². The van der Waals surface area contributed by atoms with E-state index in [9.17, 15) is 9.59 Å². The summed E-state index contributed by atoms with van der Waals surface area (Å²) in [6.45, 7) is 0.715. The Morgan fingerprint density at radius 3 is 2.95 bits per heavy atom. The Bertz CT molecular complexity index is 742. The zero-order chi connectivity index (χ0) is 14.8. The van der Waals surface area contributed by atoms with Gasteiger partial charge in [0.2, 0.25) is 0 Å². The van der Waals surface area contributed by atoms with E-state index in [1.54, 1.807) is 6.20 Å². The fourth-order valence-electron chi connectivity index (χ4n) is 2.56. The molecule has 108 valence electrons. The van der Waals surface area contributed by atoms with Crippen LogP contribution in [-0.2, 0) is 17.8 Å². The first-order valence-corrected chi connectivity index (χ1v) is 7.62. The molecule has 0 fully saturated rings. The monoisotopic (exact) mass is 302 g/mol. The largest absolute Gasteiger partial charge is 0.481 e. The molecule has 0 saturated carbocycles. The Balaban J connectivity index is 1.80. The molecular weight excluding hydrogens is 288 g/mol. The number of aliphatic carboxylic acids is 1. The minimum Gasteiger partial charge on any atom is -0.481 e. The normalized spacial score (nSPS) is 16.1. The first-order valence-electron chi connectivity index (χ1n) is 6.63. The molecule has 1 heterocycles. The highest BCUT2D eigenvalue weighted by Gasteiger charge is 2.26. The second-order valence-electron chi connectivity index (χ2n) is 4.98. The van der Waals surface area contributed by atoms with E-state index in [1.807, 2.05) is 16.7 Å². The van der Waals surface area contributed by atoms with E-state index >= 15 is 0 Å². The van der Waals surface area contributed by atoms with Crippen molar-refractivity contribution >= 4 is 17.7 Å². The number of aromatic nitrogens is 2. The van der Waals surface area contributed by atoms with Crippen LogP contribution >= 0.6 is 11.8 Å². The van der Waals surface area contributed by atoms with Gasteiger partial charge >= 0.3 is 5.97 Å². The van der Waals surface area contributed by atoms with Crippen LogP contribution in [0.1, 0.15) is 17.0 Å². The van der Waals surface area contributed by atoms with Gasteiger partial charge in [0.05, 0.1) is 5.75 Å². The molecule has 1 aliphatic rings. The fourth-order valence-corrected chi connectivity index (χ4v) is 3.27. The van der Waals surface area contributed by atoms with E-state index in [2.05, 4.69) is 17.1 Å². The third-order valence-corrected chi connectivity index (χ3v) is 4.53. The number of benzene rings is 1. The SMILES string of the molecule is O=C(O)CSc1nc(=O)ccn1CC1Cc2ccccc21. The molecule has 1 aromatic carbocycles. The van der Waals surface area contributed by atoms with E-state index in [0.717, 1.165) is 18.2 Å². The second kappa shape index (κ2) is 5.73. The van der Waals surface area contributed by atoms with Crippen molar-refractivity contribution < 1.29 is 9.90 Å². The molecule has 0 amide bonds. The van der Waals surface area contributed by atoms with Crippen LogP contribution in [-0.4, -0.2) is 26.4 Å². The molecule has 3 rings (SSSR count). The summed E-state index contributed by atoms with van der Waals surface area (Å²) in [6.07, 6.45) is 2.70. The number of carbonyl (C=O) groups is 1. The highest BCUT2D eigenvalue weighted by Crippen LogP contribution is 2.36. The van der Waals surface area contributed by atoms with Crippen LogP contribution in [0.2, 0.25) is 0 Å². The molecule has 0 aliphatic heterocycles. The van der Waals surface area contributed by atoms with Gasteiger partial charge in [-0.2, -0.15) is 4.98 Å². The molecule has 2 aromatic rings. The molecule has 1 atom stereocenters. The topological polar surface area (TPSA) is 72.2 Å². The van der Waals surface area contributed by atoms with Crippen molar-refractivity contribution in [1.82, 2.24) is 9.55 Å². The van der Waals surface area contributed by atoms with Crippen molar-refractivity contribution in [3.05, 3.63) is 58.0 Å². The van der Waals surface area contributed by atoms with Gasteiger partial charge in [0.1, 0.15) is 0 Å². The van der Waals surface area contributed by atoms with Crippen molar-refractivity contribution in [3.8, 4) is 0 Å². The van der Waals surface area contributed by atoms with Gasteiger partial charge in [0, 0.05) is 24.7 Å². The van der Waals surface area contributed by atoms with Gasteiger partial charge in [0.25, 0.3) is 5.56 Å². The maximum absolute atomic E-state index is 11.4. The number of hydrogen-bond acceptors (Lipinski definition) is 4. The summed E-state index contributed by atoms with van der Waals surface area (Å²) < 4.78 is 1.87. The standard InChI is InChI=1S/C15H14N2O3S/c18-13-5-6-17(15(16-13)21-9-14(19)20)8-11-7-10-3-1-2-4-12(10)11/h1-6,11H,7-9H2,(H,19,20). The van der Waals surface area contributed by atoms with Crippen LogP contribution in [0.5, 0.6) is 0 Å². The predicted octanol–water partition coefficient (Wildman–Crippen LogP) is 1.76. The number of fused-ring (bicyclic) bond motifs is 1. The van der Waals surface area contributed by atoms with Crippen molar-refractivity contribution in [1.29, 1.82) is 0 Å². The van der Waals surface area contributed by atoms with Crippen LogP contribution in [0.25, 0.3) is 0 Å². The van der Waals surface area contributed by atoms with E-state index in [0.29, 0.717) is 17.6 Å². The van der Waals surface area contributed by atoms with Crippen LogP contribution in [0.3, 0.4) is 0 Å². The quantitative estimate of drug-likeness (QED) is 0.673. The van der Waals surface area contributed by atoms with Gasteiger partial charge < -0.3 is 9.67 Å². The Morgan fingerprint density at radius 2 is 2.19 bits per heavy atom. The minimum absolute atomic E-state index is 0.0995. The lowest BCUT2D eigenvalue weighted by atomic mass is 9.77. The van der Waals surface area contributed by atoms with Gasteiger partial charge in [-0.25, -0.2) is 0 Å². The maximum atomic E-state index is 11.4. The highest BCUT2D eigenvalue weighted by molar-refractivity contribution is 7.99. The van der Waals surface area contributed by atoms with Crippen molar-refractivity contribution in [2.24, 2.45) is 0 Å². The molecule has 0 radical (unpaired) electrons. The third kappa shape index (κ3) is 3.00. The second-order valence-corrected chi connectivity index (χ2v) is 5.93. The lowest BCUT2D eigenvalue weighted by molar-refractivity contribution is -0.133. The molecular formula is C15H14N2O3S. The molecule has 1 N–H and O–H groups in total. The number of carboxylic acid groups (broad SMARTS) is 1. The summed E-state index contributed by atoms with van der Waals surface area (Å²) >= 11 is 1.08. The van der Waals surface area contributed by atoms with Crippen LogP contribution in [0, 0.1) is 0 Å². The Hall–Kier alpha value is -2.08. The van der Waals surface area contributed by atoms with Crippen LogP contribution < -0.4 is 5.56 Å². The van der Waals surface area contributed by atoms with E-state index in [1.165, 1.54) is 17.2 Å².